The Balaban J connectivity index is 1.90. The van der Waals surface area contributed by atoms with E-state index in [0.717, 1.165) is 12.2 Å². The van der Waals surface area contributed by atoms with Crippen molar-refractivity contribution in [2.24, 2.45) is 0 Å². The zero-order valence-corrected chi connectivity index (χ0v) is 9.02. The lowest BCUT2D eigenvalue weighted by molar-refractivity contribution is 0.208. The van der Waals surface area contributed by atoms with Gasteiger partial charge in [0.05, 0.1) is 6.54 Å². The van der Waals surface area contributed by atoms with Crippen LogP contribution in [0, 0.1) is 6.92 Å². The van der Waals surface area contributed by atoms with Crippen LogP contribution in [0.25, 0.3) is 0 Å². The predicted octanol–water partition coefficient (Wildman–Crippen LogP) is 2.11. The lowest BCUT2D eigenvalue weighted by Crippen LogP contribution is -2.34. The number of hydrogen-bond donors (Lipinski definition) is 2. The van der Waals surface area contributed by atoms with Gasteiger partial charge in [0.1, 0.15) is 5.67 Å². The Morgan fingerprint density at radius 1 is 1.40 bits per heavy atom. The molecule has 15 heavy (non-hydrogen) atoms. The standard InChI is InChI=1S/C12H17FN2/c1-10-2-4-11(5-3-10)15-9-12(13)6-7-14-8-12/h2-5,14-15H,6-9H2,1H3. The van der Waals surface area contributed by atoms with E-state index in [9.17, 15) is 4.39 Å². The molecule has 0 amide bonds. The molecule has 0 aromatic heterocycles. The van der Waals surface area contributed by atoms with Gasteiger partial charge < -0.3 is 10.6 Å². The number of nitrogens with one attached hydrogen (secondary N) is 2. The maximum Gasteiger partial charge on any atom is 0.141 e. The van der Waals surface area contributed by atoms with E-state index in [-0.39, 0.29) is 0 Å². The zero-order chi connectivity index (χ0) is 10.7. The Bertz CT molecular complexity index is 315. The molecule has 0 bridgehead atoms. The fraction of sp³-hybridized carbons (Fsp3) is 0.500. The first-order valence-corrected chi connectivity index (χ1v) is 5.38. The van der Waals surface area contributed by atoms with Gasteiger partial charge >= 0.3 is 0 Å². The lowest BCUT2D eigenvalue weighted by Gasteiger charge is -2.19. The van der Waals surface area contributed by atoms with Gasteiger partial charge in [-0.25, -0.2) is 4.39 Å². The third-order valence-corrected chi connectivity index (χ3v) is 2.85. The summed E-state index contributed by atoms with van der Waals surface area (Å²) in [4.78, 5) is 0. The topological polar surface area (TPSA) is 24.1 Å². The minimum atomic E-state index is -1.08. The molecule has 0 spiro atoms. The smallest absolute Gasteiger partial charge is 0.141 e. The molecule has 1 fully saturated rings. The second kappa shape index (κ2) is 4.19. The molecule has 82 valence electrons. The fourth-order valence-electron chi connectivity index (χ4n) is 1.80. The van der Waals surface area contributed by atoms with Crippen molar-refractivity contribution in [2.75, 3.05) is 25.0 Å². The first-order valence-electron chi connectivity index (χ1n) is 5.38. The quantitative estimate of drug-likeness (QED) is 0.795. The van der Waals surface area contributed by atoms with Crippen LogP contribution in [0.4, 0.5) is 10.1 Å². The average molecular weight is 208 g/mol. The van der Waals surface area contributed by atoms with Gasteiger partial charge in [-0.15, -0.1) is 0 Å². The van der Waals surface area contributed by atoms with Crippen LogP contribution in [0.2, 0.25) is 0 Å². The normalized spacial score (nSPS) is 25.5. The second-order valence-corrected chi connectivity index (χ2v) is 4.30. The molecule has 2 rings (SSSR count). The molecule has 0 saturated carbocycles. The van der Waals surface area contributed by atoms with Crippen LogP contribution in [0.5, 0.6) is 0 Å². The van der Waals surface area contributed by atoms with Crippen molar-refractivity contribution in [2.45, 2.75) is 19.0 Å². The highest BCUT2D eigenvalue weighted by molar-refractivity contribution is 5.44. The molecule has 1 unspecified atom stereocenters. The highest BCUT2D eigenvalue weighted by Crippen LogP contribution is 2.20. The van der Waals surface area contributed by atoms with E-state index < -0.39 is 5.67 Å². The molecule has 1 aromatic rings. The molecule has 1 aliphatic heterocycles. The summed E-state index contributed by atoms with van der Waals surface area (Å²) in [5.74, 6) is 0. The minimum Gasteiger partial charge on any atom is -0.382 e. The monoisotopic (exact) mass is 208 g/mol. The van der Waals surface area contributed by atoms with Gasteiger partial charge in [-0.1, -0.05) is 17.7 Å². The van der Waals surface area contributed by atoms with Crippen molar-refractivity contribution in [1.82, 2.24) is 5.32 Å². The number of rotatable bonds is 3. The second-order valence-electron chi connectivity index (χ2n) is 4.30. The van der Waals surface area contributed by atoms with Crippen molar-refractivity contribution in [3.8, 4) is 0 Å². The molecule has 0 aliphatic carbocycles. The summed E-state index contributed by atoms with van der Waals surface area (Å²) in [5.41, 5.74) is 1.13. The summed E-state index contributed by atoms with van der Waals surface area (Å²) in [7, 11) is 0. The summed E-state index contributed by atoms with van der Waals surface area (Å²) in [6.07, 6.45) is 0.603. The van der Waals surface area contributed by atoms with Crippen molar-refractivity contribution in [3.05, 3.63) is 29.8 Å². The van der Waals surface area contributed by atoms with Crippen LogP contribution in [-0.2, 0) is 0 Å². The van der Waals surface area contributed by atoms with Gasteiger partial charge in [0, 0.05) is 12.2 Å². The zero-order valence-electron chi connectivity index (χ0n) is 9.02. The maximum atomic E-state index is 14.0. The number of alkyl halides is 1. The van der Waals surface area contributed by atoms with Crippen LogP contribution in [0.3, 0.4) is 0 Å². The van der Waals surface area contributed by atoms with Crippen LogP contribution < -0.4 is 10.6 Å². The molecular weight excluding hydrogens is 191 g/mol. The third kappa shape index (κ3) is 2.69. The van der Waals surface area contributed by atoms with Gasteiger partial charge in [-0.05, 0) is 32.0 Å². The molecule has 2 nitrogen and oxygen atoms in total. The summed E-state index contributed by atoms with van der Waals surface area (Å²) in [6, 6.07) is 8.03. The molecule has 2 N–H and O–H groups in total. The molecule has 1 saturated heterocycles. The van der Waals surface area contributed by atoms with E-state index >= 15 is 0 Å². The van der Waals surface area contributed by atoms with Crippen molar-refractivity contribution in [3.63, 3.8) is 0 Å². The maximum absolute atomic E-state index is 14.0. The number of hydrogen-bond acceptors (Lipinski definition) is 2. The highest BCUT2D eigenvalue weighted by Gasteiger charge is 2.33. The SMILES string of the molecule is Cc1ccc(NCC2(F)CCNC2)cc1. The first kappa shape index (κ1) is 10.4. The van der Waals surface area contributed by atoms with Crippen molar-refractivity contribution < 1.29 is 4.39 Å². The van der Waals surface area contributed by atoms with E-state index in [1.807, 2.05) is 31.2 Å². The van der Waals surface area contributed by atoms with Crippen LogP contribution >= 0.6 is 0 Å². The summed E-state index contributed by atoms with van der Waals surface area (Å²) >= 11 is 0. The average Bonchev–Trinajstić information content (AvgIpc) is 2.65. The summed E-state index contributed by atoms with van der Waals surface area (Å²) in [5, 5.41) is 6.18. The summed E-state index contributed by atoms with van der Waals surface area (Å²) in [6.45, 7) is 3.68. The summed E-state index contributed by atoms with van der Waals surface area (Å²) < 4.78 is 14.0. The van der Waals surface area contributed by atoms with E-state index in [1.165, 1.54) is 5.56 Å². The van der Waals surface area contributed by atoms with E-state index in [1.54, 1.807) is 0 Å². The lowest BCUT2D eigenvalue weighted by atomic mass is 10.1. The van der Waals surface area contributed by atoms with E-state index in [2.05, 4.69) is 10.6 Å². The Morgan fingerprint density at radius 2 is 2.13 bits per heavy atom. The molecular formula is C12H17FN2. The van der Waals surface area contributed by atoms with Gasteiger partial charge in [0.2, 0.25) is 0 Å². The van der Waals surface area contributed by atoms with Gasteiger partial charge in [-0.3, -0.25) is 0 Å². The molecule has 1 atom stereocenters. The van der Waals surface area contributed by atoms with Crippen LogP contribution in [0.15, 0.2) is 24.3 Å². The Labute approximate surface area is 89.9 Å². The van der Waals surface area contributed by atoms with Gasteiger partial charge in [0.15, 0.2) is 0 Å². The molecule has 1 aliphatic rings. The molecule has 3 heteroatoms. The first-order chi connectivity index (χ1) is 7.18. The Kier molecular flexibility index (Phi) is 2.91. The van der Waals surface area contributed by atoms with E-state index in [0.29, 0.717) is 19.5 Å². The van der Waals surface area contributed by atoms with Crippen LogP contribution in [0.1, 0.15) is 12.0 Å². The molecule has 1 aromatic carbocycles. The number of halogens is 1. The fourth-order valence-corrected chi connectivity index (χ4v) is 1.80. The number of anilines is 1. The van der Waals surface area contributed by atoms with Gasteiger partial charge in [-0.2, -0.15) is 0 Å². The predicted molar refractivity (Wildman–Crippen MR) is 61.0 cm³/mol. The van der Waals surface area contributed by atoms with Gasteiger partial charge in [0.25, 0.3) is 0 Å². The van der Waals surface area contributed by atoms with Crippen molar-refractivity contribution >= 4 is 5.69 Å². The highest BCUT2D eigenvalue weighted by atomic mass is 19.1. The Morgan fingerprint density at radius 3 is 2.73 bits per heavy atom. The van der Waals surface area contributed by atoms with E-state index in [4.69, 9.17) is 0 Å². The van der Waals surface area contributed by atoms with Crippen LogP contribution in [-0.4, -0.2) is 25.3 Å². The third-order valence-electron chi connectivity index (χ3n) is 2.85. The largest absolute Gasteiger partial charge is 0.382 e. The molecule has 1 heterocycles. The number of aryl methyl sites for hydroxylation is 1. The molecule has 0 radical (unpaired) electrons. The number of benzene rings is 1. The minimum absolute atomic E-state index is 0.392. The Hall–Kier alpha value is -1.09. The van der Waals surface area contributed by atoms with Crippen molar-refractivity contribution in [1.29, 1.82) is 0 Å².